The first-order valence-electron chi connectivity index (χ1n) is 5.99. The van der Waals surface area contributed by atoms with Crippen LogP contribution in [-0.4, -0.2) is 22.1 Å². The molecule has 2 rings (SSSR count). The van der Waals surface area contributed by atoms with E-state index < -0.39 is 0 Å². The van der Waals surface area contributed by atoms with Crippen molar-refractivity contribution in [1.82, 2.24) is 9.78 Å². The molecule has 1 aromatic heterocycles. The highest BCUT2D eigenvalue weighted by molar-refractivity contribution is 6.00. The van der Waals surface area contributed by atoms with E-state index in [1.54, 1.807) is 6.20 Å². The molecule has 0 aliphatic heterocycles. The summed E-state index contributed by atoms with van der Waals surface area (Å²) in [6.45, 7) is 3.42. The van der Waals surface area contributed by atoms with Gasteiger partial charge in [0.15, 0.2) is 5.78 Å². The summed E-state index contributed by atoms with van der Waals surface area (Å²) in [7, 11) is 0. The van der Waals surface area contributed by atoms with Crippen LogP contribution >= 0.6 is 0 Å². The number of aryl methyl sites for hydroxylation is 1. The zero-order valence-electron chi connectivity index (χ0n) is 9.78. The molecule has 1 aromatic rings. The van der Waals surface area contributed by atoms with Crippen molar-refractivity contribution in [3.63, 3.8) is 0 Å². The maximum atomic E-state index is 12.3. The molecule has 1 aliphatic rings. The molecule has 0 atom stereocenters. The van der Waals surface area contributed by atoms with E-state index in [0.717, 1.165) is 37.8 Å². The molecule has 0 saturated heterocycles. The Morgan fingerprint density at radius 1 is 1.62 bits per heavy atom. The number of rotatable bonds is 5. The third-order valence-corrected chi connectivity index (χ3v) is 3.53. The summed E-state index contributed by atoms with van der Waals surface area (Å²) in [6, 6.07) is 0. The van der Waals surface area contributed by atoms with Gasteiger partial charge < -0.3 is 5.73 Å². The van der Waals surface area contributed by atoms with Crippen molar-refractivity contribution in [2.75, 3.05) is 6.54 Å². The Balaban J connectivity index is 2.13. The number of nitrogens with two attached hydrogens (primary N) is 1. The van der Waals surface area contributed by atoms with E-state index in [4.69, 9.17) is 5.73 Å². The number of Topliss-reactive ketones (excluding diaryl/α,β-unsaturated/α-hetero) is 1. The summed E-state index contributed by atoms with van der Waals surface area (Å²) >= 11 is 0. The Labute approximate surface area is 95.8 Å². The first kappa shape index (κ1) is 11.3. The van der Waals surface area contributed by atoms with Crippen molar-refractivity contribution in [2.24, 2.45) is 11.1 Å². The number of hydrogen-bond donors (Lipinski definition) is 1. The standard InChI is InChI=1S/C12H19N3O/c1-2-6-15-8-10(7-14-15)11(16)12(9-13)4-3-5-12/h7-8H,2-6,9,13H2,1H3. The maximum Gasteiger partial charge on any atom is 0.173 e. The fraction of sp³-hybridized carbons (Fsp3) is 0.667. The quantitative estimate of drug-likeness (QED) is 0.768. The minimum absolute atomic E-state index is 0.184. The molecular formula is C12H19N3O. The molecule has 2 N–H and O–H groups in total. The smallest absolute Gasteiger partial charge is 0.173 e. The van der Waals surface area contributed by atoms with Gasteiger partial charge >= 0.3 is 0 Å². The van der Waals surface area contributed by atoms with Gasteiger partial charge in [-0.3, -0.25) is 9.48 Å². The van der Waals surface area contributed by atoms with Crippen LogP contribution in [0.4, 0.5) is 0 Å². The topological polar surface area (TPSA) is 60.9 Å². The maximum absolute atomic E-state index is 12.3. The van der Waals surface area contributed by atoms with Crippen LogP contribution in [-0.2, 0) is 6.54 Å². The minimum Gasteiger partial charge on any atom is -0.329 e. The average Bonchev–Trinajstić information content (AvgIpc) is 2.66. The molecule has 1 heterocycles. The van der Waals surface area contributed by atoms with E-state index in [1.807, 2.05) is 10.9 Å². The Hall–Kier alpha value is -1.16. The first-order valence-corrected chi connectivity index (χ1v) is 5.99. The van der Waals surface area contributed by atoms with Crippen molar-refractivity contribution >= 4 is 5.78 Å². The molecule has 0 aromatic carbocycles. The summed E-state index contributed by atoms with van der Waals surface area (Å²) in [5.41, 5.74) is 6.17. The molecule has 16 heavy (non-hydrogen) atoms. The number of carbonyl (C=O) groups excluding carboxylic acids is 1. The molecule has 4 heteroatoms. The van der Waals surface area contributed by atoms with Crippen molar-refractivity contribution in [2.45, 2.75) is 39.2 Å². The summed E-state index contributed by atoms with van der Waals surface area (Å²) in [5, 5.41) is 4.19. The molecule has 0 unspecified atom stereocenters. The zero-order chi connectivity index (χ0) is 11.6. The minimum atomic E-state index is -0.278. The molecule has 1 saturated carbocycles. The van der Waals surface area contributed by atoms with Gasteiger partial charge in [0.2, 0.25) is 0 Å². The molecule has 0 bridgehead atoms. The van der Waals surface area contributed by atoms with Crippen LogP contribution in [0, 0.1) is 5.41 Å². The number of hydrogen-bond acceptors (Lipinski definition) is 3. The largest absolute Gasteiger partial charge is 0.329 e. The predicted octanol–water partition coefficient (Wildman–Crippen LogP) is 1.60. The van der Waals surface area contributed by atoms with E-state index in [1.165, 1.54) is 0 Å². The second-order valence-electron chi connectivity index (χ2n) is 4.66. The molecule has 1 fully saturated rings. The van der Waals surface area contributed by atoms with Gasteiger partial charge in [-0.15, -0.1) is 0 Å². The lowest BCUT2D eigenvalue weighted by Gasteiger charge is -2.38. The fourth-order valence-electron chi connectivity index (χ4n) is 2.27. The Kier molecular flexibility index (Phi) is 3.10. The van der Waals surface area contributed by atoms with Gasteiger partial charge in [0.25, 0.3) is 0 Å². The van der Waals surface area contributed by atoms with Gasteiger partial charge in [-0.1, -0.05) is 13.3 Å². The van der Waals surface area contributed by atoms with Crippen LogP contribution in [0.1, 0.15) is 43.0 Å². The molecule has 0 radical (unpaired) electrons. The fourth-order valence-corrected chi connectivity index (χ4v) is 2.27. The second-order valence-corrected chi connectivity index (χ2v) is 4.66. The lowest BCUT2D eigenvalue weighted by Crippen LogP contribution is -2.44. The summed E-state index contributed by atoms with van der Waals surface area (Å²) in [4.78, 5) is 12.3. The summed E-state index contributed by atoms with van der Waals surface area (Å²) < 4.78 is 1.83. The molecular weight excluding hydrogens is 202 g/mol. The van der Waals surface area contributed by atoms with Gasteiger partial charge in [0.05, 0.1) is 11.8 Å². The van der Waals surface area contributed by atoms with E-state index in [-0.39, 0.29) is 11.2 Å². The lowest BCUT2D eigenvalue weighted by atomic mass is 9.65. The van der Waals surface area contributed by atoms with Crippen LogP contribution in [0.2, 0.25) is 0 Å². The zero-order valence-corrected chi connectivity index (χ0v) is 9.78. The van der Waals surface area contributed by atoms with Crippen LogP contribution in [0.5, 0.6) is 0 Å². The van der Waals surface area contributed by atoms with E-state index in [0.29, 0.717) is 6.54 Å². The van der Waals surface area contributed by atoms with Crippen LogP contribution in [0.15, 0.2) is 12.4 Å². The highest BCUT2D eigenvalue weighted by Gasteiger charge is 2.43. The third kappa shape index (κ3) is 1.78. The second kappa shape index (κ2) is 4.37. The number of carbonyl (C=O) groups is 1. The van der Waals surface area contributed by atoms with Crippen LogP contribution < -0.4 is 5.73 Å². The molecule has 0 amide bonds. The van der Waals surface area contributed by atoms with Gasteiger partial charge in [0.1, 0.15) is 0 Å². The van der Waals surface area contributed by atoms with Crippen molar-refractivity contribution in [1.29, 1.82) is 0 Å². The highest BCUT2D eigenvalue weighted by atomic mass is 16.1. The number of aromatic nitrogens is 2. The van der Waals surface area contributed by atoms with Gasteiger partial charge in [-0.05, 0) is 19.3 Å². The molecule has 4 nitrogen and oxygen atoms in total. The summed E-state index contributed by atoms with van der Waals surface area (Å²) in [6.07, 6.45) is 7.53. The van der Waals surface area contributed by atoms with Gasteiger partial charge in [0, 0.05) is 24.7 Å². The van der Waals surface area contributed by atoms with E-state index in [9.17, 15) is 4.79 Å². The molecule has 1 aliphatic carbocycles. The molecule has 88 valence electrons. The monoisotopic (exact) mass is 221 g/mol. The number of nitrogens with zero attached hydrogens (tertiary/aromatic N) is 2. The summed E-state index contributed by atoms with van der Waals surface area (Å²) in [5.74, 6) is 0.184. The van der Waals surface area contributed by atoms with Crippen molar-refractivity contribution < 1.29 is 4.79 Å². The van der Waals surface area contributed by atoms with Gasteiger partial charge in [-0.25, -0.2) is 0 Å². The number of ketones is 1. The van der Waals surface area contributed by atoms with E-state index >= 15 is 0 Å². The lowest BCUT2D eigenvalue weighted by molar-refractivity contribution is 0.0636. The van der Waals surface area contributed by atoms with Crippen molar-refractivity contribution in [3.05, 3.63) is 18.0 Å². The highest BCUT2D eigenvalue weighted by Crippen LogP contribution is 2.42. The normalized spacial score (nSPS) is 18.1. The average molecular weight is 221 g/mol. The predicted molar refractivity (Wildman–Crippen MR) is 62.2 cm³/mol. The van der Waals surface area contributed by atoms with Crippen LogP contribution in [0.3, 0.4) is 0 Å². The van der Waals surface area contributed by atoms with Crippen LogP contribution in [0.25, 0.3) is 0 Å². The SMILES string of the molecule is CCCn1cc(C(=O)C2(CN)CCC2)cn1. The Bertz CT molecular complexity index is 374. The third-order valence-electron chi connectivity index (χ3n) is 3.53. The van der Waals surface area contributed by atoms with Gasteiger partial charge in [-0.2, -0.15) is 5.10 Å². The Morgan fingerprint density at radius 2 is 2.38 bits per heavy atom. The van der Waals surface area contributed by atoms with Crippen molar-refractivity contribution in [3.8, 4) is 0 Å². The molecule has 0 spiro atoms. The Morgan fingerprint density at radius 3 is 2.88 bits per heavy atom. The first-order chi connectivity index (χ1) is 7.72. The van der Waals surface area contributed by atoms with E-state index in [2.05, 4.69) is 12.0 Å².